The van der Waals surface area contributed by atoms with E-state index < -0.39 is 17.5 Å². The molecule has 9 nitrogen and oxygen atoms in total. The summed E-state index contributed by atoms with van der Waals surface area (Å²) in [6.45, 7) is 5.07. The summed E-state index contributed by atoms with van der Waals surface area (Å²) in [6.07, 6.45) is 0.0802. The van der Waals surface area contributed by atoms with Crippen molar-refractivity contribution >= 4 is 22.8 Å². The third kappa shape index (κ3) is 3.12. The molecule has 2 aliphatic rings. The number of pyridine rings is 2. The van der Waals surface area contributed by atoms with Crippen LogP contribution in [0.5, 0.6) is 5.75 Å². The first-order valence-electron chi connectivity index (χ1n) is 10.4. The molecule has 1 aromatic carbocycles. The summed E-state index contributed by atoms with van der Waals surface area (Å²) in [5.41, 5.74) is 0.902. The third-order valence-electron chi connectivity index (χ3n) is 6.19. The molecule has 0 aliphatic carbocycles. The van der Waals surface area contributed by atoms with Gasteiger partial charge in [0.1, 0.15) is 19.0 Å². The highest BCUT2D eigenvalue weighted by atomic mass is 16.6. The Kier molecular flexibility index (Phi) is 4.61. The van der Waals surface area contributed by atoms with Crippen molar-refractivity contribution in [1.82, 2.24) is 9.55 Å². The molecule has 2 aromatic heterocycles. The largest absolute Gasteiger partial charge is 0.489 e. The van der Waals surface area contributed by atoms with Crippen LogP contribution in [-0.4, -0.2) is 38.3 Å². The zero-order valence-corrected chi connectivity index (χ0v) is 17.8. The number of benzene rings is 1. The highest BCUT2D eigenvalue weighted by Crippen LogP contribution is 2.38. The maximum atomic E-state index is 13.2. The molecular weight excluding hydrogens is 428 g/mol. The molecule has 3 aromatic rings. The number of carbonyl (C=O) groups excluding carboxylic acids is 1. The van der Waals surface area contributed by atoms with Crippen LogP contribution in [-0.2, 0) is 33.1 Å². The minimum atomic E-state index is -1.87. The van der Waals surface area contributed by atoms with Gasteiger partial charge in [0.25, 0.3) is 5.56 Å². The van der Waals surface area contributed by atoms with E-state index in [1.807, 2.05) is 6.07 Å². The molecular formula is C24H20N2O7. The van der Waals surface area contributed by atoms with Crippen molar-refractivity contribution in [2.24, 2.45) is 0 Å². The predicted octanol–water partition coefficient (Wildman–Crippen LogP) is 2.10. The highest BCUT2D eigenvalue weighted by molar-refractivity contribution is 5.87. The van der Waals surface area contributed by atoms with Crippen molar-refractivity contribution in [3.63, 3.8) is 0 Å². The summed E-state index contributed by atoms with van der Waals surface area (Å²) >= 11 is 0. The van der Waals surface area contributed by atoms with E-state index in [-0.39, 0.29) is 41.9 Å². The van der Waals surface area contributed by atoms with Gasteiger partial charge in [0.05, 0.1) is 34.6 Å². The van der Waals surface area contributed by atoms with E-state index in [2.05, 4.69) is 6.58 Å². The molecule has 4 heterocycles. The second kappa shape index (κ2) is 7.28. The second-order valence-electron chi connectivity index (χ2n) is 8.15. The number of carboxylic acid groups (broad SMARTS) is 1. The fraction of sp³-hybridized carbons (Fsp3) is 0.250. The molecule has 0 bridgehead atoms. The fourth-order valence-corrected chi connectivity index (χ4v) is 4.29. The minimum Gasteiger partial charge on any atom is -0.489 e. The summed E-state index contributed by atoms with van der Waals surface area (Å²) in [6, 6.07) is 8.73. The SMILES string of the molecule is C=C(COc1ccc2nc3c(cc2c1)Cn1c-3cc2c(c1=O)COC(=O)[C@]2(O)CC)C(=O)O. The zero-order chi connectivity index (χ0) is 23.5. The molecule has 0 radical (unpaired) electrons. The molecule has 0 amide bonds. The summed E-state index contributed by atoms with van der Waals surface area (Å²) in [4.78, 5) is 41.1. The van der Waals surface area contributed by atoms with Gasteiger partial charge < -0.3 is 24.3 Å². The summed E-state index contributed by atoms with van der Waals surface area (Å²) in [5.74, 6) is -1.41. The Hall–Kier alpha value is -3.98. The van der Waals surface area contributed by atoms with E-state index in [9.17, 15) is 19.5 Å². The van der Waals surface area contributed by atoms with Crippen LogP contribution in [0.2, 0.25) is 0 Å². The molecule has 5 rings (SSSR count). The Labute approximate surface area is 187 Å². The smallest absolute Gasteiger partial charge is 0.343 e. The Morgan fingerprint density at radius 1 is 1.30 bits per heavy atom. The standard InChI is InChI=1S/C24H20N2O7/c1-3-24(31)17-8-19-20-14(9-26(19)21(27)16(17)11-33-23(24)30)6-13-7-15(4-5-18(13)25-20)32-10-12(2)22(28)29/h4-8,31H,2-3,9-11H2,1H3,(H,28,29)/t24-/m0/s1. The molecule has 2 N–H and O–H groups in total. The normalized spacial score (nSPS) is 18.3. The molecule has 0 saturated carbocycles. The fourth-order valence-electron chi connectivity index (χ4n) is 4.29. The number of hydrogen-bond acceptors (Lipinski definition) is 7. The number of fused-ring (bicyclic) bond motifs is 5. The lowest BCUT2D eigenvalue weighted by atomic mass is 9.86. The first-order chi connectivity index (χ1) is 15.7. The number of nitrogens with zero attached hydrogens (tertiary/aromatic N) is 2. The van der Waals surface area contributed by atoms with Crippen LogP contribution in [0, 0.1) is 0 Å². The predicted molar refractivity (Wildman–Crippen MR) is 117 cm³/mol. The maximum Gasteiger partial charge on any atom is 0.343 e. The van der Waals surface area contributed by atoms with Crippen molar-refractivity contribution in [3.05, 3.63) is 69.5 Å². The number of aliphatic carboxylic acids is 1. The van der Waals surface area contributed by atoms with Crippen LogP contribution in [0.4, 0.5) is 0 Å². The topological polar surface area (TPSA) is 128 Å². The van der Waals surface area contributed by atoms with Crippen LogP contribution in [0.3, 0.4) is 0 Å². The van der Waals surface area contributed by atoms with Gasteiger partial charge in [-0.3, -0.25) is 4.79 Å². The second-order valence-corrected chi connectivity index (χ2v) is 8.15. The molecule has 33 heavy (non-hydrogen) atoms. The van der Waals surface area contributed by atoms with Crippen LogP contribution in [0.25, 0.3) is 22.3 Å². The van der Waals surface area contributed by atoms with Gasteiger partial charge in [0, 0.05) is 16.5 Å². The molecule has 1 atom stereocenters. The number of hydrogen-bond donors (Lipinski definition) is 2. The molecule has 2 aliphatic heterocycles. The maximum absolute atomic E-state index is 13.2. The third-order valence-corrected chi connectivity index (χ3v) is 6.19. The number of rotatable bonds is 5. The van der Waals surface area contributed by atoms with Crippen LogP contribution in [0.1, 0.15) is 30.0 Å². The van der Waals surface area contributed by atoms with Crippen LogP contribution >= 0.6 is 0 Å². The monoisotopic (exact) mass is 448 g/mol. The number of cyclic esters (lactones) is 1. The lowest BCUT2D eigenvalue weighted by molar-refractivity contribution is -0.172. The lowest BCUT2D eigenvalue weighted by Gasteiger charge is -2.31. The number of aliphatic hydroxyl groups is 1. The summed E-state index contributed by atoms with van der Waals surface area (Å²) < 4.78 is 12.2. The van der Waals surface area contributed by atoms with Gasteiger partial charge in [-0.15, -0.1) is 0 Å². The Morgan fingerprint density at radius 2 is 2.09 bits per heavy atom. The van der Waals surface area contributed by atoms with E-state index in [4.69, 9.17) is 19.6 Å². The van der Waals surface area contributed by atoms with Crippen molar-refractivity contribution in [2.45, 2.75) is 32.1 Å². The number of esters is 1. The van der Waals surface area contributed by atoms with Gasteiger partial charge in [0.2, 0.25) is 0 Å². The van der Waals surface area contributed by atoms with Gasteiger partial charge in [-0.1, -0.05) is 13.5 Å². The quantitative estimate of drug-likeness (QED) is 0.351. The van der Waals surface area contributed by atoms with Crippen molar-refractivity contribution in [1.29, 1.82) is 0 Å². The Bertz CT molecular complexity index is 1440. The molecule has 0 unspecified atom stereocenters. The zero-order valence-electron chi connectivity index (χ0n) is 17.8. The minimum absolute atomic E-state index is 0.0598. The number of carbonyl (C=O) groups is 2. The van der Waals surface area contributed by atoms with Crippen molar-refractivity contribution in [2.75, 3.05) is 6.61 Å². The van der Waals surface area contributed by atoms with Gasteiger partial charge in [-0.25, -0.2) is 14.6 Å². The Morgan fingerprint density at radius 3 is 2.82 bits per heavy atom. The first-order valence-corrected chi connectivity index (χ1v) is 10.4. The molecule has 0 spiro atoms. The van der Waals surface area contributed by atoms with Gasteiger partial charge >= 0.3 is 11.9 Å². The Balaban J connectivity index is 1.58. The summed E-state index contributed by atoms with van der Waals surface area (Å²) in [7, 11) is 0. The van der Waals surface area contributed by atoms with Gasteiger partial charge in [0.15, 0.2) is 5.60 Å². The molecule has 0 fully saturated rings. The van der Waals surface area contributed by atoms with Crippen LogP contribution in [0.15, 0.2) is 47.3 Å². The van der Waals surface area contributed by atoms with Crippen molar-refractivity contribution < 1.29 is 29.3 Å². The van der Waals surface area contributed by atoms with Crippen LogP contribution < -0.4 is 10.3 Å². The first kappa shape index (κ1) is 20.9. The van der Waals surface area contributed by atoms with E-state index in [1.54, 1.807) is 35.8 Å². The van der Waals surface area contributed by atoms with Gasteiger partial charge in [-0.2, -0.15) is 0 Å². The average Bonchev–Trinajstić information content (AvgIpc) is 3.16. The van der Waals surface area contributed by atoms with E-state index in [0.29, 0.717) is 29.2 Å². The lowest BCUT2D eigenvalue weighted by Crippen LogP contribution is -2.44. The number of aromatic nitrogens is 2. The van der Waals surface area contributed by atoms with Crippen molar-refractivity contribution in [3.8, 4) is 17.1 Å². The van der Waals surface area contributed by atoms with E-state index >= 15 is 0 Å². The summed E-state index contributed by atoms with van der Waals surface area (Å²) in [5, 5.41) is 20.6. The molecule has 168 valence electrons. The number of carboxylic acids is 1. The number of ether oxygens (including phenoxy) is 2. The van der Waals surface area contributed by atoms with E-state index in [1.165, 1.54) is 0 Å². The average molecular weight is 448 g/mol. The molecule has 9 heteroatoms. The highest BCUT2D eigenvalue weighted by Gasteiger charge is 2.45. The molecule has 0 saturated heterocycles. The van der Waals surface area contributed by atoms with E-state index in [0.717, 1.165) is 10.9 Å². The van der Waals surface area contributed by atoms with Gasteiger partial charge in [-0.05, 0) is 36.8 Å².